The molecule has 2 aromatic rings. The van der Waals surface area contributed by atoms with Gasteiger partial charge in [0.15, 0.2) is 0 Å². The Balaban J connectivity index is 2.16. The molecule has 1 atom stereocenters. The van der Waals surface area contributed by atoms with Gasteiger partial charge in [-0.25, -0.2) is 4.39 Å². The first-order chi connectivity index (χ1) is 10.5. The maximum atomic E-state index is 13.4. The summed E-state index contributed by atoms with van der Waals surface area (Å²) in [6.45, 7) is 4.36. The van der Waals surface area contributed by atoms with E-state index in [1.807, 2.05) is 38.1 Å². The summed E-state index contributed by atoms with van der Waals surface area (Å²) >= 11 is 6.26. The highest BCUT2D eigenvalue weighted by molar-refractivity contribution is 6.32. The average Bonchev–Trinajstić information content (AvgIpc) is 2.47. The van der Waals surface area contributed by atoms with Gasteiger partial charge in [-0.3, -0.25) is 0 Å². The molecule has 0 saturated heterocycles. The molecule has 4 heteroatoms. The highest BCUT2D eigenvalue weighted by Gasteiger charge is 2.13. The van der Waals surface area contributed by atoms with Crippen molar-refractivity contribution in [3.05, 3.63) is 64.4 Å². The number of hydrogen-bond donors (Lipinski definition) is 1. The van der Waals surface area contributed by atoms with Crippen LogP contribution in [-0.2, 0) is 6.42 Å². The zero-order chi connectivity index (χ0) is 16.1. The maximum absolute atomic E-state index is 13.4. The Kier molecular flexibility index (Phi) is 5.81. The number of hydrogen-bond acceptors (Lipinski definition) is 2. The number of halogens is 2. The lowest BCUT2D eigenvalue weighted by molar-refractivity contribution is 0.242. The normalized spacial score (nSPS) is 12.5. The van der Waals surface area contributed by atoms with Crippen molar-refractivity contribution in [2.45, 2.75) is 32.3 Å². The Bertz CT molecular complexity index is 630. The molecule has 0 radical (unpaired) electrons. The van der Waals surface area contributed by atoms with Crippen molar-refractivity contribution >= 4 is 11.6 Å². The van der Waals surface area contributed by atoms with Crippen LogP contribution in [0.2, 0.25) is 5.02 Å². The van der Waals surface area contributed by atoms with Gasteiger partial charge in [-0.05, 0) is 62.2 Å². The standard InChI is InChI=1S/C18H21ClFNO/c1-12(2)22-18-7-6-13(9-17(18)19)8-15(11-21)14-4-3-5-16(20)10-14/h3-7,9-10,12,15H,8,11,21H2,1-2H3. The zero-order valence-corrected chi connectivity index (χ0v) is 13.6. The van der Waals surface area contributed by atoms with Gasteiger partial charge in [0.05, 0.1) is 11.1 Å². The highest BCUT2D eigenvalue weighted by Crippen LogP contribution is 2.29. The molecule has 0 saturated carbocycles. The smallest absolute Gasteiger partial charge is 0.138 e. The molecule has 0 aliphatic rings. The Hall–Kier alpha value is -1.58. The minimum absolute atomic E-state index is 0.0589. The molecule has 0 aliphatic heterocycles. The molecule has 2 aromatic carbocycles. The fourth-order valence-electron chi connectivity index (χ4n) is 2.40. The first-order valence-electron chi connectivity index (χ1n) is 7.40. The molecule has 22 heavy (non-hydrogen) atoms. The van der Waals surface area contributed by atoms with Gasteiger partial charge in [0.1, 0.15) is 11.6 Å². The monoisotopic (exact) mass is 321 g/mol. The van der Waals surface area contributed by atoms with Crippen molar-refractivity contribution < 1.29 is 9.13 Å². The van der Waals surface area contributed by atoms with Crippen LogP contribution in [0.3, 0.4) is 0 Å². The van der Waals surface area contributed by atoms with E-state index in [0.717, 1.165) is 11.1 Å². The van der Waals surface area contributed by atoms with Gasteiger partial charge < -0.3 is 10.5 Å². The number of nitrogens with two attached hydrogens (primary N) is 1. The molecular weight excluding hydrogens is 301 g/mol. The third-order valence-electron chi connectivity index (χ3n) is 3.45. The van der Waals surface area contributed by atoms with Crippen molar-refractivity contribution in [1.29, 1.82) is 0 Å². The lowest BCUT2D eigenvalue weighted by atomic mass is 9.92. The van der Waals surface area contributed by atoms with Crippen molar-refractivity contribution in [2.75, 3.05) is 6.54 Å². The van der Waals surface area contributed by atoms with Gasteiger partial charge in [0.2, 0.25) is 0 Å². The summed E-state index contributed by atoms with van der Waals surface area (Å²) in [5.74, 6) is 0.494. The average molecular weight is 322 g/mol. The second-order valence-corrected chi connectivity index (χ2v) is 6.03. The van der Waals surface area contributed by atoms with Gasteiger partial charge in [-0.1, -0.05) is 29.8 Å². The minimum atomic E-state index is -0.241. The van der Waals surface area contributed by atoms with Crippen LogP contribution in [0.4, 0.5) is 4.39 Å². The van der Waals surface area contributed by atoms with Gasteiger partial charge in [0, 0.05) is 5.92 Å². The first kappa shape index (κ1) is 16.8. The predicted molar refractivity (Wildman–Crippen MR) is 89.1 cm³/mol. The fraction of sp³-hybridized carbons (Fsp3) is 0.333. The number of benzene rings is 2. The quantitative estimate of drug-likeness (QED) is 0.847. The van der Waals surface area contributed by atoms with Crippen LogP contribution in [0.1, 0.15) is 30.9 Å². The van der Waals surface area contributed by atoms with Crippen LogP contribution < -0.4 is 10.5 Å². The van der Waals surface area contributed by atoms with Crippen molar-refractivity contribution in [1.82, 2.24) is 0 Å². The second kappa shape index (κ2) is 7.61. The van der Waals surface area contributed by atoms with Crippen LogP contribution >= 0.6 is 11.6 Å². The Labute approximate surface area is 136 Å². The van der Waals surface area contributed by atoms with Gasteiger partial charge in [-0.15, -0.1) is 0 Å². The van der Waals surface area contributed by atoms with Crippen LogP contribution in [0, 0.1) is 5.82 Å². The first-order valence-corrected chi connectivity index (χ1v) is 7.78. The summed E-state index contributed by atoms with van der Waals surface area (Å²) in [4.78, 5) is 0. The molecule has 2 nitrogen and oxygen atoms in total. The molecule has 0 aromatic heterocycles. The van der Waals surface area contributed by atoms with Crippen molar-refractivity contribution in [3.8, 4) is 5.75 Å². The van der Waals surface area contributed by atoms with Crippen molar-refractivity contribution in [2.24, 2.45) is 5.73 Å². The summed E-state index contributed by atoms with van der Waals surface area (Å²) in [5.41, 5.74) is 7.82. The third-order valence-corrected chi connectivity index (χ3v) is 3.74. The lowest BCUT2D eigenvalue weighted by Crippen LogP contribution is -2.15. The summed E-state index contributed by atoms with van der Waals surface area (Å²) in [6, 6.07) is 12.3. The molecule has 0 heterocycles. The van der Waals surface area contributed by atoms with E-state index in [1.54, 1.807) is 6.07 Å². The molecule has 0 bridgehead atoms. The molecule has 0 fully saturated rings. The SMILES string of the molecule is CC(C)Oc1ccc(CC(CN)c2cccc(F)c2)cc1Cl. The van der Waals surface area contributed by atoms with Gasteiger partial charge in [-0.2, -0.15) is 0 Å². The molecule has 0 amide bonds. The molecule has 0 aliphatic carbocycles. The number of ether oxygens (including phenoxy) is 1. The van der Waals surface area contributed by atoms with Crippen LogP contribution in [-0.4, -0.2) is 12.6 Å². The lowest BCUT2D eigenvalue weighted by Gasteiger charge is -2.17. The second-order valence-electron chi connectivity index (χ2n) is 5.62. The molecule has 0 spiro atoms. The molecule has 2 N–H and O–H groups in total. The van der Waals surface area contributed by atoms with Gasteiger partial charge >= 0.3 is 0 Å². The largest absolute Gasteiger partial charge is 0.489 e. The van der Waals surface area contributed by atoms with Crippen LogP contribution in [0.15, 0.2) is 42.5 Å². The topological polar surface area (TPSA) is 35.2 Å². The van der Waals surface area contributed by atoms with E-state index in [2.05, 4.69) is 0 Å². The van der Waals surface area contributed by atoms with E-state index in [-0.39, 0.29) is 17.8 Å². The Morgan fingerprint density at radius 1 is 1.18 bits per heavy atom. The van der Waals surface area contributed by atoms with E-state index in [9.17, 15) is 4.39 Å². The van der Waals surface area contributed by atoms with Crippen molar-refractivity contribution in [3.63, 3.8) is 0 Å². The summed E-state index contributed by atoms with van der Waals surface area (Å²) in [7, 11) is 0. The van der Waals surface area contributed by atoms with Crippen LogP contribution in [0.5, 0.6) is 5.75 Å². The fourth-order valence-corrected chi connectivity index (χ4v) is 2.65. The van der Waals surface area contributed by atoms with E-state index in [0.29, 0.717) is 23.7 Å². The highest BCUT2D eigenvalue weighted by atomic mass is 35.5. The third kappa shape index (κ3) is 4.46. The van der Waals surface area contributed by atoms with E-state index >= 15 is 0 Å². The molecule has 2 rings (SSSR count). The molecular formula is C18H21ClFNO. The molecule has 1 unspecified atom stereocenters. The van der Waals surface area contributed by atoms with E-state index < -0.39 is 0 Å². The summed E-state index contributed by atoms with van der Waals surface area (Å²) in [6.07, 6.45) is 0.786. The Morgan fingerprint density at radius 2 is 1.95 bits per heavy atom. The van der Waals surface area contributed by atoms with Crippen LogP contribution in [0.25, 0.3) is 0 Å². The number of rotatable bonds is 6. The van der Waals surface area contributed by atoms with Gasteiger partial charge in [0.25, 0.3) is 0 Å². The van der Waals surface area contributed by atoms with E-state index in [1.165, 1.54) is 12.1 Å². The summed E-state index contributed by atoms with van der Waals surface area (Å²) < 4.78 is 19.0. The zero-order valence-electron chi connectivity index (χ0n) is 12.9. The predicted octanol–water partition coefficient (Wildman–Crippen LogP) is 4.55. The minimum Gasteiger partial charge on any atom is -0.489 e. The molecule has 118 valence electrons. The van der Waals surface area contributed by atoms with E-state index in [4.69, 9.17) is 22.1 Å². The Morgan fingerprint density at radius 3 is 2.55 bits per heavy atom. The maximum Gasteiger partial charge on any atom is 0.138 e. The summed E-state index contributed by atoms with van der Waals surface area (Å²) in [5, 5.41) is 0.584.